The van der Waals surface area contributed by atoms with Gasteiger partial charge in [-0.05, 0) is 43.4 Å². The van der Waals surface area contributed by atoms with E-state index in [-0.39, 0.29) is 5.28 Å². The van der Waals surface area contributed by atoms with Gasteiger partial charge in [-0.2, -0.15) is 4.98 Å². The van der Waals surface area contributed by atoms with Crippen LogP contribution >= 0.6 is 11.6 Å². The Balaban J connectivity index is 2.19. The van der Waals surface area contributed by atoms with Gasteiger partial charge in [0, 0.05) is 17.5 Å². The number of amidine groups is 1. The normalized spacial score (nSPS) is 17.3. The molecule has 6 heteroatoms. The number of hydrogen-bond acceptors (Lipinski definition) is 4. The fourth-order valence-electron chi connectivity index (χ4n) is 1.44. The van der Waals surface area contributed by atoms with Crippen LogP contribution in [-0.4, -0.2) is 15.8 Å². The van der Waals surface area contributed by atoms with Crippen LogP contribution in [0.3, 0.4) is 0 Å². The minimum absolute atomic E-state index is 0.163. The lowest BCUT2D eigenvalue weighted by molar-refractivity contribution is 0.982. The molecule has 0 radical (unpaired) electrons. The van der Waals surface area contributed by atoms with Gasteiger partial charge in [0.2, 0.25) is 5.28 Å². The molecule has 1 aliphatic carbocycles. The predicted molar refractivity (Wildman–Crippen MR) is 68.1 cm³/mol. The lowest BCUT2D eigenvalue weighted by Gasteiger charge is -1.99. The first-order valence-corrected chi connectivity index (χ1v) is 5.75. The highest BCUT2D eigenvalue weighted by Crippen LogP contribution is 2.33. The van der Waals surface area contributed by atoms with E-state index in [0.29, 0.717) is 17.6 Å². The third kappa shape index (κ3) is 3.42. The highest BCUT2D eigenvalue weighted by Gasteiger charge is 2.23. The van der Waals surface area contributed by atoms with E-state index in [4.69, 9.17) is 23.1 Å². The van der Waals surface area contributed by atoms with E-state index in [1.807, 2.05) is 6.92 Å². The maximum Gasteiger partial charge on any atom is 0.224 e. The van der Waals surface area contributed by atoms with E-state index in [1.54, 1.807) is 12.1 Å². The second-order valence-corrected chi connectivity index (χ2v) is 4.43. The first-order valence-electron chi connectivity index (χ1n) is 5.37. The maximum atomic E-state index is 5.83. The van der Waals surface area contributed by atoms with Crippen molar-refractivity contribution < 1.29 is 0 Å². The molecule has 0 spiro atoms. The van der Waals surface area contributed by atoms with Crippen molar-refractivity contribution in [3.63, 3.8) is 0 Å². The van der Waals surface area contributed by atoms with E-state index in [1.165, 1.54) is 0 Å². The van der Waals surface area contributed by atoms with Crippen LogP contribution in [-0.2, 0) is 0 Å². The number of rotatable bonds is 3. The van der Waals surface area contributed by atoms with Crippen molar-refractivity contribution in [2.24, 2.45) is 22.4 Å². The Kier molecular flexibility index (Phi) is 3.28. The minimum atomic E-state index is 0.163. The highest BCUT2D eigenvalue weighted by atomic mass is 35.5. The van der Waals surface area contributed by atoms with Gasteiger partial charge in [0.1, 0.15) is 5.84 Å². The van der Waals surface area contributed by atoms with Crippen LogP contribution in [0.25, 0.3) is 0 Å². The van der Waals surface area contributed by atoms with E-state index in [0.717, 1.165) is 24.2 Å². The second-order valence-electron chi connectivity index (χ2n) is 4.09. The monoisotopic (exact) mass is 251 g/mol. The molecule has 17 heavy (non-hydrogen) atoms. The smallest absolute Gasteiger partial charge is 0.224 e. The molecule has 0 amide bonds. The summed E-state index contributed by atoms with van der Waals surface area (Å²) in [6.07, 6.45) is 3.95. The molecule has 1 aromatic heterocycles. The number of nitrogens with zero attached hydrogens (tertiary/aromatic N) is 3. The quantitative estimate of drug-likeness (QED) is 0.486. The number of aliphatic imine (C=N–C) groups is 1. The number of hydrogen-bond donors (Lipinski definition) is 2. The number of allylic oxidation sites excluding steroid dienone is 1. The lowest BCUT2D eigenvalue weighted by atomic mass is 10.3. The Labute approximate surface area is 105 Å². The first kappa shape index (κ1) is 11.9. The fourth-order valence-corrected chi connectivity index (χ4v) is 1.66. The van der Waals surface area contributed by atoms with Crippen molar-refractivity contribution in [3.8, 4) is 0 Å². The zero-order chi connectivity index (χ0) is 12.4. The van der Waals surface area contributed by atoms with Crippen molar-refractivity contribution in [2.45, 2.75) is 19.8 Å². The number of aryl methyl sites for hydroxylation is 1. The molecule has 0 unspecified atom stereocenters. The third-order valence-electron chi connectivity index (χ3n) is 2.42. The summed E-state index contributed by atoms with van der Waals surface area (Å²) in [4.78, 5) is 12.0. The maximum absolute atomic E-state index is 5.83. The molecule has 1 heterocycles. The van der Waals surface area contributed by atoms with E-state index in [2.05, 4.69) is 15.0 Å². The lowest BCUT2D eigenvalue weighted by Crippen LogP contribution is -2.12. The molecule has 5 nitrogen and oxygen atoms in total. The van der Waals surface area contributed by atoms with Gasteiger partial charge in [0.25, 0.3) is 0 Å². The zero-order valence-corrected chi connectivity index (χ0v) is 10.3. The zero-order valence-electron chi connectivity index (χ0n) is 9.52. The molecule has 1 aromatic rings. The van der Waals surface area contributed by atoms with Crippen LogP contribution in [0, 0.1) is 12.8 Å². The molecular formula is C11H14ClN5. The summed E-state index contributed by atoms with van der Waals surface area (Å²) >= 11 is 5.73. The summed E-state index contributed by atoms with van der Waals surface area (Å²) in [6.45, 7) is 1.82. The number of nitrogens with two attached hydrogens (primary N) is 2. The summed E-state index contributed by atoms with van der Waals surface area (Å²) in [6, 6.07) is 1.71. The third-order valence-corrected chi connectivity index (χ3v) is 2.59. The first-order chi connectivity index (χ1) is 8.04. The minimum Gasteiger partial charge on any atom is -0.402 e. The van der Waals surface area contributed by atoms with Crippen LogP contribution < -0.4 is 11.5 Å². The Morgan fingerprint density at radius 3 is 2.76 bits per heavy atom. The van der Waals surface area contributed by atoms with E-state index >= 15 is 0 Å². The molecule has 1 saturated carbocycles. The van der Waals surface area contributed by atoms with Crippen LogP contribution in [0.2, 0.25) is 5.28 Å². The van der Waals surface area contributed by atoms with Crippen LogP contribution in [0.15, 0.2) is 22.8 Å². The largest absolute Gasteiger partial charge is 0.402 e. The summed E-state index contributed by atoms with van der Waals surface area (Å²) in [5.41, 5.74) is 13.1. The van der Waals surface area contributed by atoms with Gasteiger partial charge in [-0.1, -0.05) is 0 Å². The van der Waals surface area contributed by atoms with Crippen LogP contribution in [0.1, 0.15) is 18.5 Å². The molecule has 0 bridgehead atoms. The second kappa shape index (κ2) is 4.71. The molecule has 0 atom stereocenters. The molecule has 90 valence electrons. The Bertz CT molecular complexity index is 470. The van der Waals surface area contributed by atoms with Gasteiger partial charge in [0.15, 0.2) is 5.82 Å². The topological polar surface area (TPSA) is 90.2 Å². The van der Waals surface area contributed by atoms with E-state index < -0.39 is 0 Å². The van der Waals surface area contributed by atoms with Crippen molar-refractivity contribution in [2.75, 3.05) is 0 Å². The highest BCUT2D eigenvalue weighted by molar-refractivity contribution is 6.28. The van der Waals surface area contributed by atoms with Crippen molar-refractivity contribution in [1.29, 1.82) is 0 Å². The standard InChI is InChI=1S/C11H14ClN5/c1-6-4-10(17-11(12)15-6)16-9(14)5-8(13)7-2-3-7/h4-5,7H,2-3,13H2,1H3,(H2,14,15,16,17)/b8-5-. The van der Waals surface area contributed by atoms with Gasteiger partial charge in [0.05, 0.1) is 0 Å². The van der Waals surface area contributed by atoms with Gasteiger partial charge in [-0.3, -0.25) is 0 Å². The van der Waals surface area contributed by atoms with Gasteiger partial charge in [-0.15, -0.1) is 0 Å². The average molecular weight is 252 g/mol. The van der Waals surface area contributed by atoms with Crippen LogP contribution in [0.5, 0.6) is 0 Å². The predicted octanol–water partition coefficient (Wildman–Crippen LogP) is 1.68. The molecule has 0 aromatic carbocycles. The molecule has 1 aliphatic rings. The van der Waals surface area contributed by atoms with Crippen molar-refractivity contribution in [3.05, 3.63) is 28.8 Å². The Morgan fingerprint density at radius 1 is 1.47 bits per heavy atom. The fraction of sp³-hybridized carbons (Fsp3) is 0.364. The molecule has 2 rings (SSSR count). The Morgan fingerprint density at radius 2 is 2.18 bits per heavy atom. The van der Waals surface area contributed by atoms with E-state index in [9.17, 15) is 0 Å². The number of aromatic nitrogens is 2. The Hall–Kier alpha value is -1.62. The van der Waals surface area contributed by atoms with Crippen molar-refractivity contribution >= 4 is 23.3 Å². The molecular weight excluding hydrogens is 238 g/mol. The van der Waals surface area contributed by atoms with Gasteiger partial charge in [-0.25, -0.2) is 9.98 Å². The molecule has 0 saturated heterocycles. The van der Waals surface area contributed by atoms with Crippen molar-refractivity contribution in [1.82, 2.24) is 9.97 Å². The van der Waals surface area contributed by atoms with Gasteiger partial charge < -0.3 is 11.5 Å². The summed E-state index contributed by atoms with van der Waals surface area (Å²) in [5.74, 6) is 1.25. The molecule has 1 fully saturated rings. The summed E-state index contributed by atoms with van der Waals surface area (Å²) in [5, 5.41) is 0.163. The van der Waals surface area contributed by atoms with Crippen LogP contribution in [0.4, 0.5) is 5.82 Å². The summed E-state index contributed by atoms with van der Waals surface area (Å²) < 4.78 is 0. The number of halogens is 1. The average Bonchev–Trinajstić information content (AvgIpc) is 2.97. The molecule has 4 N–H and O–H groups in total. The van der Waals surface area contributed by atoms with Gasteiger partial charge >= 0.3 is 0 Å². The summed E-state index contributed by atoms with van der Waals surface area (Å²) in [7, 11) is 0. The molecule has 0 aliphatic heterocycles. The SMILES string of the molecule is Cc1cc(N=C(N)/C=C(\N)C2CC2)nc(Cl)n1.